The second-order valence-electron chi connectivity index (χ2n) is 8.42. The van der Waals surface area contributed by atoms with Gasteiger partial charge in [-0.25, -0.2) is 17.8 Å². The highest BCUT2D eigenvalue weighted by Crippen LogP contribution is 2.34. The zero-order valence-corrected chi connectivity index (χ0v) is 19.6. The Morgan fingerprint density at radius 3 is 2.57 bits per heavy atom. The van der Waals surface area contributed by atoms with Gasteiger partial charge in [-0.2, -0.15) is 13.2 Å². The van der Waals surface area contributed by atoms with E-state index in [2.05, 4.69) is 15.3 Å². The first kappa shape index (κ1) is 24.7. The Morgan fingerprint density at radius 2 is 1.91 bits per heavy atom. The summed E-state index contributed by atoms with van der Waals surface area (Å²) in [5.74, 6) is -1.47. The van der Waals surface area contributed by atoms with Gasteiger partial charge in [0.05, 0.1) is 16.5 Å². The number of aromatic nitrogens is 2. The fraction of sp³-hybridized carbons (Fsp3) is 0.304. The first-order valence-electron chi connectivity index (χ1n) is 10.7. The lowest BCUT2D eigenvalue weighted by atomic mass is 9.97. The van der Waals surface area contributed by atoms with E-state index in [1.807, 2.05) is 0 Å². The lowest BCUT2D eigenvalue weighted by molar-refractivity contribution is -0.137. The molecule has 35 heavy (non-hydrogen) atoms. The normalized spacial score (nSPS) is 14.2. The van der Waals surface area contributed by atoms with Crippen LogP contribution in [0.5, 0.6) is 0 Å². The Labute approximate surface area is 199 Å². The second kappa shape index (κ2) is 8.99. The van der Waals surface area contributed by atoms with Crippen LogP contribution in [-0.4, -0.2) is 41.0 Å². The fourth-order valence-electron chi connectivity index (χ4n) is 3.78. The highest BCUT2D eigenvalue weighted by Gasteiger charge is 2.32. The molecule has 186 valence electrons. The number of fused-ring (bicyclic) bond motifs is 1. The largest absolute Gasteiger partial charge is 0.416 e. The first-order chi connectivity index (χ1) is 16.4. The molecular weight excluding hydrogens is 488 g/mol. The predicted octanol–water partition coefficient (Wildman–Crippen LogP) is 4.69. The van der Waals surface area contributed by atoms with Gasteiger partial charge in [0.15, 0.2) is 0 Å². The molecule has 0 saturated carbocycles. The SMILES string of the molecule is CC(C)S(=O)(=O)c1nc(C(=O)N2CCc3c(cccc3Nc3ccc(C(F)(F)F)cc3F)C2)c[nH]1. The maximum absolute atomic E-state index is 14.3. The molecule has 0 spiro atoms. The quantitative estimate of drug-likeness (QED) is 0.486. The third kappa shape index (κ3) is 4.88. The van der Waals surface area contributed by atoms with Gasteiger partial charge in [0.1, 0.15) is 11.5 Å². The van der Waals surface area contributed by atoms with E-state index in [0.29, 0.717) is 24.7 Å². The summed E-state index contributed by atoms with van der Waals surface area (Å²) in [7, 11) is -3.66. The number of amides is 1. The lowest BCUT2D eigenvalue weighted by Gasteiger charge is -2.30. The van der Waals surface area contributed by atoms with Crippen molar-refractivity contribution in [1.29, 1.82) is 0 Å². The minimum absolute atomic E-state index is 0.0196. The van der Waals surface area contributed by atoms with Gasteiger partial charge < -0.3 is 15.2 Å². The van der Waals surface area contributed by atoms with E-state index in [0.717, 1.165) is 23.3 Å². The number of rotatable bonds is 5. The number of carbonyl (C=O) groups is 1. The van der Waals surface area contributed by atoms with Gasteiger partial charge in [0, 0.05) is 25.0 Å². The molecular formula is C23H22F4N4O3S. The third-order valence-electron chi connectivity index (χ3n) is 5.78. The van der Waals surface area contributed by atoms with Crippen LogP contribution >= 0.6 is 0 Å². The smallest absolute Gasteiger partial charge is 0.353 e. The van der Waals surface area contributed by atoms with Crippen molar-refractivity contribution in [2.45, 2.75) is 43.4 Å². The minimum Gasteiger partial charge on any atom is -0.353 e. The number of nitrogens with one attached hydrogen (secondary N) is 2. The number of carbonyl (C=O) groups excluding carboxylic acids is 1. The number of hydrogen-bond donors (Lipinski definition) is 2. The molecule has 1 aliphatic rings. The van der Waals surface area contributed by atoms with Crippen molar-refractivity contribution in [3.05, 3.63) is 70.8 Å². The van der Waals surface area contributed by atoms with Gasteiger partial charge in [-0.3, -0.25) is 4.79 Å². The second-order valence-corrected chi connectivity index (χ2v) is 10.8. The molecule has 0 saturated heterocycles. The molecule has 2 N–H and O–H groups in total. The molecule has 0 fully saturated rings. The van der Waals surface area contributed by atoms with Crippen LogP contribution in [0.1, 0.15) is 41.0 Å². The maximum atomic E-state index is 14.3. The van der Waals surface area contributed by atoms with E-state index < -0.39 is 38.6 Å². The number of halogens is 4. The number of sulfone groups is 1. The van der Waals surface area contributed by atoms with E-state index in [1.54, 1.807) is 18.2 Å². The van der Waals surface area contributed by atoms with Crippen molar-refractivity contribution in [3.8, 4) is 0 Å². The Bertz CT molecular complexity index is 1380. The van der Waals surface area contributed by atoms with Gasteiger partial charge in [0.25, 0.3) is 5.91 Å². The zero-order chi connectivity index (χ0) is 25.5. The fourth-order valence-corrected chi connectivity index (χ4v) is 4.68. The monoisotopic (exact) mass is 510 g/mol. The molecule has 0 atom stereocenters. The molecule has 0 radical (unpaired) electrons. The van der Waals surface area contributed by atoms with E-state index in [4.69, 9.17) is 0 Å². The number of anilines is 2. The highest BCUT2D eigenvalue weighted by atomic mass is 32.2. The minimum atomic E-state index is -4.64. The average Bonchev–Trinajstić information content (AvgIpc) is 3.30. The van der Waals surface area contributed by atoms with Crippen LogP contribution in [-0.2, 0) is 29.0 Å². The van der Waals surface area contributed by atoms with Crippen LogP contribution in [0.3, 0.4) is 0 Å². The van der Waals surface area contributed by atoms with Crippen molar-refractivity contribution >= 4 is 27.1 Å². The van der Waals surface area contributed by atoms with Gasteiger partial charge in [-0.15, -0.1) is 0 Å². The van der Waals surface area contributed by atoms with Crippen molar-refractivity contribution in [1.82, 2.24) is 14.9 Å². The summed E-state index contributed by atoms with van der Waals surface area (Å²) in [5.41, 5.74) is 0.911. The van der Waals surface area contributed by atoms with Crippen molar-refractivity contribution in [3.63, 3.8) is 0 Å². The predicted molar refractivity (Wildman–Crippen MR) is 120 cm³/mol. The van der Waals surface area contributed by atoms with Crippen LogP contribution in [0.2, 0.25) is 0 Å². The third-order valence-corrected chi connectivity index (χ3v) is 7.77. The van der Waals surface area contributed by atoms with Crippen molar-refractivity contribution in [2.75, 3.05) is 11.9 Å². The summed E-state index contributed by atoms with van der Waals surface area (Å²) in [6.07, 6.45) is -2.98. The number of benzene rings is 2. The molecule has 12 heteroatoms. The standard InChI is InChI=1S/C23H22F4N4O3S/c1-13(2)35(33,34)22-28-11-20(30-22)21(32)31-9-8-16-14(12-31)4-3-5-18(16)29-19-7-6-15(10-17(19)24)23(25,26)27/h3-7,10-11,13,29H,8-9,12H2,1-2H3,(H,28,30). The number of nitrogens with zero attached hydrogens (tertiary/aromatic N) is 2. The number of imidazole rings is 1. The van der Waals surface area contributed by atoms with Crippen LogP contribution in [0.25, 0.3) is 0 Å². The molecule has 7 nitrogen and oxygen atoms in total. The Kier molecular flexibility index (Phi) is 6.34. The molecule has 2 aromatic carbocycles. The highest BCUT2D eigenvalue weighted by molar-refractivity contribution is 7.91. The van der Waals surface area contributed by atoms with Gasteiger partial charge >= 0.3 is 6.18 Å². The molecule has 0 aliphatic carbocycles. The molecule has 0 bridgehead atoms. The Morgan fingerprint density at radius 1 is 1.17 bits per heavy atom. The molecule has 1 amide bonds. The average molecular weight is 511 g/mol. The van der Waals surface area contributed by atoms with E-state index >= 15 is 0 Å². The summed E-state index contributed by atoms with van der Waals surface area (Å²) < 4.78 is 77.3. The molecule has 2 heterocycles. The molecule has 0 unspecified atom stereocenters. The lowest BCUT2D eigenvalue weighted by Crippen LogP contribution is -2.36. The van der Waals surface area contributed by atoms with E-state index in [9.17, 15) is 30.8 Å². The van der Waals surface area contributed by atoms with Gasteiger partial charge in [-0.05, 0) is 55.7 Å². The van der Waals surface area contributed by atoms with Gasteiger partial charge in [0.2, 0.25) is 15.0 Å². The molecule has 4 rings (SSSR count). The van der Waals surface area contributed by atoms with Crippen LogP contribution < -0.4 is 5.32 Å². The first-order valence-corrected chi connectivity index (χ1v) is 12.3. The van der Waals surface area contributed by atoms with Crippen molar-refractivity contribution in [2.24, 2.45) is 0 Å². The molecule has 1 aromatic heterocycles. The number of aromatic amines is 1. The van der Waals surface area contributed by atoms with E-state index in [1.165, 1.54) is 24.9 Å². The van der Waals surface area contributed by atoms with Crippen LogP contribution in [0.15, 0.2) is 47.8 Å². The molecule has 1 aliphatic heterocycles. The number of alkyl halides is 3. The summed E-state index contributed by atoms with van der Waals surface area (Å²) in [4.78, 5) is 21.0. The Balaban J connectivity index is 1.53. The van der Waals surface area contributed by atoms with Gasteiger partial charge in [-0.1, -0.05) is 12.1 Å². The van der Waals surface area contributed by atoms with Crippen LogP contribution in [0, 0.1) is 5.82 Å². The summed E-state index contributed by atoms with van der Waals surface area (Å²) in [6, 6.07) is 7.45. The summed E-state index contributed by atoms with van der Waals surface area (Å²) in [5, 5.41) is 1.89. The number of hydrogen-bond acceptors (Lipinski definition) is 5. The van der Waals surface area contributed by atoms with Crippen molar-refractivity contribution < 1.29 is 30.8 Å². The van der Waals surface area contributed by atoms with Crippen LogP contribution in [0.4, 0.5) is 28.9 Å². The maximum Gasteiger partial charge on any atom is 0.416 e. The zero-order valence-electron chi connectivity index (χ0n) is 18.8. The topological polar surface area (TPSA) is 95.2 Å². The summed E-state index contributed by atoms with van der Waals surface area (Å²) >= 11 is 0. The van der Waals surface area contributed by atoms with E-state index in [-0.39, 0.29) is 23.1 Å². The number of H-pyrrole nitrogens is 1. The summed E-state index contributed by atoms with van der Waals surface area (Å²) in [6.45, 7) is 3.53. The molecule has 3 aromatic rings. The Hall–Kier alpha value is -3.41.